The van der Waals surface area contributed by atoms with Crippen LogP contribution in [0, 0.1) is 6.92 Å². The zero-order valence-electron chi connectivity index (χ0n) is 12.7. The number of nitrogens with zero attached hydrogens (tertiary/aromatic N) is 2. The van der Waals surface area contributed by atoms with Crippen LogP contribution in [0.15, 0.2) is 41.0 Å². The molecule has 1 aromatic carbocycles. The summed E-state index contributed by atoms with van der Waals surface area (Å²) in [4.78, 5) is 18.9. The number of rotatable bonds is 5. The fourth-order valence-electron chi connectivity index (χ4n) is 2.36. The van der Waals surface area contributed by atoms with Gasteiger partial charge in [0.1, 0.15) is 5.76 Å². The molecule has 0 aliphatic carbocycles. The first-order chi connectivity index (χ1) is 10.7. The lowest BCUT2D eigenvalue weighted by Crippen LogP contribution is -2.29. The molecule has 0 spiro atoms. The lowest BCUT2D eigenvalue weighted by Gasteiger charge is -2.18. The van der Waals surface area contributed by atoms with Crippen molar-refractivity contribution < 1.29 is 9.21 Å². The van der Waals surface area contributed by atoms with Gasteiger partial charge in [-0.3, -0.25) is 9.69 Å². The Labute approximate surface area is 133 Å². The highest BCUT2D eigenvalue weighted by Gasteiger charge is 2.20. The molecule has 4 nitrogen and oxygen atoms in total. The van der Waals surface area contributed by atoms with Gasteiger partial charge in [0.2, 0.25) is 5.91 Å². The summed E-state index contributed by atoms with van der Waals surface area (Å²) in [6, 6.07) is 9.81. The van der Waals surface area contributed by atoms with E-state index in [0.29, 0.717) is 13.0 Å². The number of benzene rings is 1. The third-order valence-electron chi connectivity index (χ3n) is 3.50. The van der Waals surface area contributed by atoms with Crippen LogP contribution in [0.2, 0.25) is 0 Å². The molecule has 2 heterocycles. The second kappa shape index (κ2) is 6.32. The Morgan fingerprint density at radius 3 is 2.86 bits per heavy atom. The number of hydrogen-bond donors (Lipinski definition) is 0. The second-order valence-electron chi connectivity index (χ2n) is 5.23. The highest BCUT2D eigenvalue weighted by atomic mass is 32.1. The zero-order chi connectivity index (χ0) is 15.5. The Bertz CT molecular complexity index is 777. The van der Waals surface area contributed by atoms with Crippen molar-refractivity contribution in [1.82, 2.24) is 4.98 Å². The van der Waals surface area contributed by atoms with Gasteiger partial charge < -0.3 is 4.42 Å². The summed E-state index contributed by atoms with van der Waals surface area (Å²) >= 11 is 1.55. The largest absolute Gasteiger partial charge is 0.467 e. The molecule has 0 unspecified atom stereocenters. The van der Waals surface area contributed by atoms with E-state index in [1.54, 1.807) is 22.5 Å². The molecule has 0 bridgehead atoms. The van der Waals surface area contributed by atoms with Crippen LogP contribution in [0.1, 0.15) is 31.1 Å². The van der Waals surface area contributed by atoms with E-state index in [1.807, 2.05) is 44.2 Å². The summed E-state index contributed by atoms with van der Waals surface area (Å²) in [6.45, 7) is 4.47. The van der Waals surface area contributed by atoms with Crippen LogP contribution in [-0.2, 0) is 11.3 Å². The van der Waals surface area contributed by atoms with E-state index in [9.17, 15) is 4.79 Å². The molecule has 0 saturated carbocycles. The van der Waals surface area contributed by atoms with Gasteiger partial charge in [-0.05, 0) is 37.1 Å². The van der Waals surface area contributed by atoms with Crippen molar-refractivity contribution in [3.8, 4) is 0 Å². The fraction of sp³-hybridized carbons (Fsp3) is 0.294. The smallest absolute Gasteiger partial charge is 0.229 e. The van der Waals surface area contributed by atoms with Crippen molar-refractivity contribution in [2.45, 2.75) is 33.2 Å². The first-order valence-electron chi connectivity index (χ1n) is 7.38. The van der Waals surface area contributed by atoms with Crippen LogP contribution >= 0.6 is 11.3 Å². The van der Waals surface area contributed by atoms with Crippen molar-refractivity contribution in [3.05, 3.63) is 47.9 Å². The minimum absolute atomic E-state index is 0.0793. The van der Waals surface area contributed by atoms with Crippen LogP contribution < -0.4 is 4.90 Å². The molecule has 0 N–H and O–H groups in total. The average molecular weight is 314 g/mol. The quantitative estimate of drug-likeness (QED) is 0.695. The lowest BCUT2D eigenvalue weighted by molar-refractivity contribution is -0.118. The van der Waals surface area contributed by atoms with Gasteiger partial charge in [-0.1, -0.05) is 30.4 Å². The third-order valence-corrected chi connectivity index (χ3v) is 4.54. The van der Waals surface area contributed by atoms with Gasteiger partial charge in [0.05, 0.1) is 23.0 Å². The molecule has 0 fully saturated rings. The summed E-state index contributed by atoms with van der Waals surface area (Å²) in [5.74, 6) is 0.844. The van der Waals surface area contributed by atoms with Crippen LogP contribution in [-0.4, -0.2) is 10.9 Å². The van der Waals surface area contributed by atoms with Gasteiger partial charge in [0.15, 0.2) is 5.13 Å². The molecule has 0 aliphatic heterocycles. The Morgan fingerprint density at radius 2 is 2.18 bits per heavy atom. The lowest BCUT2D eigenvalue weighted by atomic mass is 10.2. The summed E-state index contributed by atoms with van der Waals surface area (Å²) in [5.41, 5.74) is 2.09. The normalized spacial score (nSPS) is 11.0. The SMILES string of the molecule is CCCC(=O)N(Cc1ccco1)c1nc2c(C)cccc2s1. The molecule has 3 rings (SSSR count). The molecule has 22 heavy (non-hydrogen) atoms. The third kappa shape index (κ3) is 2.90. The molecule has 0 saturated heterocycles. The summed E-state index contributed by atoms with van der Waals surface area (Å²) in [5, 5.41) is 0.735. The molecule has 114 valence electrons. The van der Waals surface area contributed by atoms with Crippen molar-refractivity contribution in [2.24, 2.45) is 0 Å². The molecule has 1 amide bonds. The molecule has 5 heteroatoms. The Balaban J connectivity index is 1.99. The molecule has 0 aliphatic rings. The molecule has 2 aromatic heterocycles. The molecule has 3 aromatic rings. The molecular formula is C17H18N2O2S. The number of hydrogen-bond acceptors (Lipinski definition) is 4. The maximum absolute atomic E-state index is 12.5. The van der Waals surface area contributed by atoms with E-state index in [-0.39, 0.29) is 5.91 Å². The number of fused-ring (bicyclic) bond motifs is 1. The topological polar surface area (TPSA) is 46.3 Å². The first kappa shape index (κ1) is 14.8. The zero-order valence-corrected chi connectivity index (χ0v) is 13.5. The number of thiazole rings is 1. The van der Waals surface area contributed by atoms with Gasteiger partial charge in [0, 0.05) is 6.42 Å². The van der Waals surface area contributed by atoms with E-state index >= 15 is 0 Å². The van der Waals surface area contributed by atoms with E-state index in [2.05, 4.69) is 4.98 Å². The van der Waals surface area contributed by atoms with Gasteiger partial charge >= 0.3 is 0 Å². The number of aromatic nitrogens is 1. The van der Waals surface area contributed by atoms with Crippen molar-refractivity contribution >= 4 is 32.6 Å². The Hall–Kier alpha value is -2.14. The number of carbonyl (C=O) groups is 1. The minimum atomic E-state index is 0.0793. The van der Waals surface area contributed by atoms with E-state index in [1.165, 1.54) is 0 Å². The second-order valence-corrected chi connectivity index (χ2v) is 6.24. The maximum Gasteiger partial charge on any atom is 0.229 e. The van der Waals surface area contributed by atoms with Crippen molar-refractivity contribution in [2.75, 3.05) is 4.90 Å². The predicted molar refractivity (Wildman–Crippen MR) is 89.2 cm³/mol. The van der Waals surface area contributed by atoms with Crippen LogP contribution in [0.4, 0.5) is 5.13 Å². The fourth-order valence-corrected chi connectivity index (χ4v) is 3.42. The van der Waals surface area contributed by atoms with Crippen molar-refractivity contribution in [3.63, 3.8) is 0 Å². The van der Waals surface area contributed by atoms with E-state index in [4.69, 9.17) is 4.42 Å². The minimum Gasteiger partial charge on any atom is -0.467 e. The highest BCUT2D eigenvalue weighted by molar-refractivity contribution is 7.22. The van der Waals surface area contributed by atoms with Crippen molar-refractivity contribution in [1.29, 1.82) is 0 Å². The number of furan rings is 1. The Kier molecular flexibility index (Phi) is 4.24. The number of anilines is 1. The van der Waals surface area contributed by atoms with E-state index in [0.717, 1.165) is 33.1 Å². The van der Waals surface area contributed by atoms with Gasteiger partial charge in [0.25, 0.3) is 0 Å². The summed E-state index contributed by atoms with van der Waals surface area (Å²) in [7, 11) is 0. The van der Waals surface area contributed by atoms with E-state index < -0.39 is 0 Å². The number of aryl methyl sites for hydroxylation is 1. The summed E-state index contributed by atoms with van der Waals surface area (Å²) < 4.78 is 6.50. The number of amides is 1. The average Bonchev–Trinajstić information content (AvgIpc) is 3.14. The molecular weight excluding hydrogens is 296 g/mol. The summed E-state index contributed by atoms with van der Waals surface area (Å²) in [6.07, 6.45) is 2.95. The van der Waals surface area contributed by atoms with Crippen LogP contribution in [0.5, 0.6) is 0 Å². The predicted octanol–water partition coefficient (Wildman–Crippen LogP) is 4.53. The monoisotopic (exact) mass is 314 g/mol. The molecule has 0 radical (unpaired) electrons. The van der Waals surface area contributed by atoms with Crippen LogP contribution in [0.3, 0.4) is 0 Å². The van der Waals surface area contributed by atoms with Gasteiger partial charge in [-0.2, -0.15) is 0 Å². The van der Waals surface area contributed by atoms with Crippen LogP contribution in [0.25, 0.3) is 10.2 Å². The number of carbonyl (C=O) groups excluding carboxylic acids is 1. The van der Waals surface area contributed by atoms with Gasteiger partial charge in [-0.25, -0.2) is 4.98 Å². The Morgan fingerprint density at radius 1 is 1.32 bits per heavy atom. The highest BCUT2D eigenvalue weighted by Crippen LogP contribution is 2.31. The number of para-hydroxylation sites is 1. The van der Waals surface area contributed by atoms with Gasteiger partial charge in [-0.15, -0.1) is 0 Å². The molecule has 0 atom stereocenters. The maximum atomic E-state index is 12.5. The first-order valence-corrected chi connectivity index (χ1v) is 8.19. The standard InChI is InChI=1S/C17H18N2O2S/c1-3-6-15(20)19(11-13-8-5-10-21-13)17-18-16-12(2)7-4-9-14(16)22-17/h4-5,7-10H,3,6,11H2,1-2H3.